The summed E-state index contributed by atoms with van der Waals surface area (Å²) < 4.78 is 13.5. The van der Waals surface area contributed by atoms with E-state index in [0.29, 0.717) is 29.1 Å². The van der Waals surface area contributed by atoms with E-state index in [0.717, 1.165) is 0 Å². The Bertz CT molecular complexity index is 2040. The van der Waals surface area contributed by atoms with Crippen LogP contribution >= 0.6 is 0 Å². The van der Waals surface area contributed by atoms with Gasteiger partial charge < -0.3 is 40.5 Å². The number of hydrogen-bond acceptors (Lipinski definition) is 10. The second-order valence-corrected chi connectivity index (χ2v) is 14.7. The van der Waals surface area contributed by atoms with Gasteiger partial charge in [-0.2, -0.15) is 0 Å². The van der Waals surface area contributed by atoms with E-state index in [1.165, 1.54) is 4.90 Å². The van der Waals surface area contributed by atoms with Gasteiger partial charge in [-0.15, -0.1) is 5.10 Å². The Labute approximate surface area is 329 Å². The maximum absolute atomic E-state index is 14.3. The number of ether oxygens (including phenoxy) is 2. The van der Waals surface area contributed by atoms with Gasteiger partial charge in [-0.3, -0.25) is 19.2 Å². The van der Waals surface area contributed by atoms with Crippen molar-refractivity contribution in [2.75, 3.05) is 13.2 Å². The standard InChI is InChI=1S/C41H47N7O9/c1-25(2)18-33-40(53)48-23-29(49)21-35(48)39(52)42-32(19-26-8-4-3-5-9-26)38(51)44-34(41(54)55)20-27-12-14-30(15-13-27)56-17-16-47-22-28(45-46-47)24-57-36-11-7-6-10-31(36)37(50)43-33/h3-15,22,25,29,32-35,49H,16-21,23-24H2,1-2H3,(H,42,52)(H,43,50)(H,44,51)(H,54,55)/t29-,32-,33+,34-,35+/m0/s1. The van der Waals surface area contributed by atoms with E-state index in [1.54, 1.807) is 89.7 Å². The van der Waals surface area contributed by atoms with E-state index in [2.05, 4.69) is 26.3 Å². The average Bonchev–Trinajstić information content (AvgIpc) is 3.82. The van der Waals surface area contributed by atoms with Gasteiger partial charge in [-0.05, 0) is 47.7 Å². The van der Waals surface area contributed by atoms with Crippen LogP contribution in [0.5, 0.6) is 11.5 Å². The van der Waals surface area contributed by atoms with Gasteiger partial charge in [-0.1, -0.05) is 73.7 Å². The number of aromatic nitrogens is 3. The minimum absolute atomic E-state index is 0.00336. The molecular weight excluding hydrogens is 734 g/mol. The second kappa shape index (κ2) is 18.6. The molecule has 3 aromatic carbocycles. The van der Waals surface area contributed by atoms with Crippen LogP contribution in [0.25, 0.3) is 0 Å². The highest BCUT2D eigenvalue weighted by molar-refractivity contribution is 6.00. The zero-order valence-corrected chi connectivity index (χ0v) is 31.7. The Morgan fingerprint density at radius 3 is 2.37 bits per heavy atom. The van der Waals surface area contributed by atoms with Crippen molar-refractivity contribution < 1.29 is 43.7 Å². The largest absolute Gasteiger partial charge is 0.492 e. The SMILES string of the molecule is CC(C)C[C@H]1NC(=O)c2ccccc2OCc2cn(nn2)CCOc2ccc(cc2)C[C@@H](C(=O)O)NC(=O)[C@H](Cc2ccccc2)NC(=O)[C@H]2C[C@H](O)CN2C1=O. The number of benzene rings is 3. The van der Waals surface area contributed by atoms with Crippen LogP contribution in [0.3, 0.4) is 0 Å². The smallest absolute Gasteiger partial charge is 0.326 e. The summed E-state index contributed by atoms with van der Waals surface area (Å²) in [7, 11) is 0. The van der Waals surface area contributed by atoms with Gasteiger partial charge in [0.1, 0.15) is 54.6 Å². The molecule has 0 unspecified atom stereocenters. The lowest BCUT2D eigenvalue weighted by Crippen LogP contribution is -2.58. The fraction of sp³-hybridized carbons (Fsp3) is 0.390. The van der Waals surface area contributed by atoms with E-state index >= 15 is 0 Å². The Balaban J connectivity index is 1.31. The average molecular weight is 782 g/mol. The third-order valence-electron chi connectivity index (χ3n) is 9.75. The number of amides is 4. The molecule has 4 amide bonds. The van der Waals surface area contributed by atoms with Gasteiger partial charge in [-0.25, -0.2) is 9.48 Å². The van der Waals surface area contributed by atoms with Crippen LogP contribution in [0.1, 0.15) is 53.9 Å². The molecule has 3 aliphatic rings. The molecule has 0 saturated carbocycles. The van der Waals surface area contributed by atoms with Crippen LogP contribution in [0.4, 0.5) is 0 Å². The summed E-state index contributed by atoms with van der Waals surface area (Å²) in [5, 5.41) is 37.4. The number of aliphatic carboxylic acids is 1. The molecule has 1 fully saturated rings. The number of rotatable bonds is 5. The van der Waals surface area contributed by atoms with Gasteiger partial charge >= 0.3 is 5.97 Å². The van der Waals surface area contributed by atoms with Gasteiger partial charge in [0.15, 0.2) is 0 Å². The van der Waals surface area contributed by atoms with Crippen LogP contribution in [0.2, 0.25) is 0 Å². The zero-order valence-electron chi connectivity index (χ0n) is 31.7. The lowest BCUT2D eigenvalue weighted by molar-refractivity contribution is -0.143. The number of nitrogens with one attached hydrogen (secondary N) is 3. The molecule has 0 aliphatic carbocycles. The normalized spacial score (nSPS) is 22.6. The van der Waals surface area contributed by atoms with E-state index in [-0.39, 0.29) is 62.7 Å². The van der Waals surface area contributed by atoms with Crippen molar-refractivity contribution in [3.8, 4) is 11.5 Å². The molecule has 5 N–H and O–H groups in total. The highest BCUT2D eigenvalue weighted by atomic mass is 16.5. The molecule has 1 saturated heterocycles. The molecule has 4 aromatic rings. The highest BCUT2D eigenvalue weighted by Gasteiger charge is 2.43. The lowest BCUT2D eigenvalue weighted by atomic mass is 10.0. The number of carbonyl (C=O) groups excluding carboxylic acids is 4. The van der Waals surface area contributed by atoms with Gasteiger partial charge in [0, 0.05) is 25.8 Å². The Morgan fingerprint density at radius 2 is 1.63 bits per heavy atom. The summed E-state index contributed by atoms with van der Waals surface area (Å²) in [6, 6.07) is 17.5. The number of nitrogens with zero attached hydrogens (tertiary/aromatic N) is 4. The third-order valence-corrected chi connectivity index (χ3v) is 9.75. The number of aliphatic hydroxyl groups is 1. The molecule has 0 radical (unpaired) electrons. The fourth-order valence-electron chi connectivity index (χ4n) is 6.89. The molecule has 4 bridgehead atoms. The number of aliphatic hydroxyl groups excluding tert-OH is 1. The topological polar surface area (TPSA) is 214 Å². The number of hydrogen-bond donors (Lipinski definition) is 5. The Morgan fingerprint density at radius 1 is 0.895 bits per heavy atom. The number of carbonyl (C=O) groups is 5. The van der Waals surface area contributed by atoms with Crippen LogP contribution in [-0.2, 0) is 45.2 Å². The fourth-order valence-corrected chi connectivity index (χ4v) is 6.89. The first-order valence-corrected chi connectivity index (χ1v) is 18.9. The van der Waals surface area contributed by atoms with E-state index in [9.17, 15) is 34.2 Å². The van der Waals surface area contributed by atoms with Gasteiger partial charge in [0.25, 0.3) is 5.91 Å². The molecule has 16 nitrogen and oxygen atoms in total. The highest BCUT2D eigenvalue weighted by Crippen LogP contribution is 2.24. The summed E-state index contributed by atoms with van der Waals surface area (Å²) in [5.74, 6) is -3.14. The van der Waals surface area contributed by atoms with Crippen LogP contribution in [0.15, 0.2) is 85.1 Å². The van der Waals surface area contributed by atoms with Crippen LogP contribution in [0, 0.1) is 5.92 Å². The maximum Gasteiger partial charge on any atom is 0.326 e. The molecule has 3 aliphatic heterocycles. The minimum atomic E-state index is -1.34. The molecule has 5 atom stereocenters. The Hall–Kier alpha value is -6.29. The van der Waals surface area contributed by atoms with Crippen molar-refractivity contribution in [3.63, 3.8) is 0 Å². The first-order chi connectivity index (χ1) is 27.4. The molecular formula is C41H47N7O9. The summed E-state index contributed by atoms with van der Waals surface area (Å²) >= 11 is 0. The molecule has 1 aromatic heterocycles. The van der Waals surface area contributed by atoms with Gasteiger partial charge in [0.05, 0.1) is 24.4 Å². The summed E-state index contributed by atoms with van der Waals surface area (Å²) in [4.78, 5) is 69.7. The first kappa shape index (κ1) is 40.4. The van der Waals surface area contributed by atoms with Crippen LogP contribution < -0.4 is 25.4 Å². The predicted octanol–water partition coefficient (Wildman–Crippen LogP) is 1.90. The predicted molar refractivity (Wildman–Crippen MR) is 205 cm³/mol. The van der Waals surface area contributed by atoms with Crippen molar-refractivity contribution in [2.45, 2.75) is 83.0 Å². The molecule has 0 spiro atoms. The maximum atomic E-state index is 14.3. The quantitative estimate of drug-likeness (QED) is 0.197. The number of para-hydroxylation sites is 1. The second-order valence-electron chi connectivity index (χ2n) is 14.7. The van der Waals surface area contributed by atoms with Crippen molar-refractivity contribution in [1.82, 2.24) is 35.8 Å². The van der Waals surface area contributed by atoms with E-state index < -0.39 is 59.9 Å². The number of carboxylic acids is 1. The molecule has 57 heavy (non-hydrogen) atoms. The van der Waals surface area contributed by atoms with E-state index in [4.69, 9.17) is 9.47 Å². The van der Waals surface area contributed by atoms with Crippen molar-refractivity contribution in [2.24, 2.45) is 5.92 Å². The van der Waals surface area contributed by atoms with Gasteiger partial charge in [0.2, 0.25) is 17.7 Å². The van der Waals surface area contributed by atoms with E-state index in [1.807, 2.05) is 13.8 Å². The minimum Gasteiger partial charge on any atom is -0.492 e. The summed E-state index contributed by atoms with van der Waals surface area (Å²) in [6.07, 6.45) is 0.713. The van der Waals surface area contributed by atoms with Crippen LogP contribution in [-0.4, -0.2) is 103 Å². The molecule has 16 heteroatoms. The van der Waals surface area contributed by atoms with Crippen molar-refractivity contribution >= 4 is 29.6 Å². The third kappa shape index (κ3) is 10.7. The molecule has 7 rings (SSSR count). The van der Waals surface area contributed by atoms with Crippen molar-refractivity contribution in [3.05, 3.63) is 107 Å². The molecule has 4 heterocycles. The lowest BCUT2D eigenvalue weighted by Gasteiger charge is -2.30. The monoisotopic (exact) mass is 781 g/mol. The number of fused-ring (bicyclic) bond motifs is 14. The summed E-state index contributed by atoms with van der Waals surface area (Å²) in [6.45, 7) is 4.22. The molecule has 300 valence electrons. The Kier molecular flexibility index (Phi) is 13.1. The zero-order chi connectivity index (χ0) is 40.5. The summed E-state index contributed by atoms with van der Waals surface area (Å²) in [5.41, 5.74) is 2.00. The van der Waals surface area contributed by atoms with Crippen molar-refractivity contribution in [1.29, 1.82) is 0 Å². The number of carboxylic acid groups (broad SMARTS) is 1. The first-order valence-electron chi connectivity index (χ1n) is 18.9.